The van der Waals surface area contributed by atoms with Crippen molar-refractivity contribution in [3.63, 3.8) is 0 Å². The standard InChI is InChI=1S/C15H19N3O3/c1-19-13-6-11-12(7-14(13)20-2)17-9-18-15(11)16-8-10-4-3-5-21-10/h6-7,9-10H,3-5,8H2,1-2H3,(H,16,17,18)/t10-/m1/s1. The monoisotopic (exact) mass is 289 g/mol. The first-order chi connectivity index (χ1) is 10.3. The van der Waals surface area contributed by atoms with E-state index in [2.05, 4.69) is 15.3 Å². The first kappa shape index (κ1) is 13.9. The van der Waals surface area contributed by atoms with Crippen LogP contribution in [-0.2, 0) is 4.74 Å². The number of nitrogens with one attached hydrogen (secondary N) is 1. The first-order valence-corrected chi connectivity index (χ1v) is 7.04. The number of anilines is 1. The Bertz CT molecular complexity index is 627. The number of ether oxygens (including phenoxy) is 3. The van der Waals surface area contributed by atoms with E-state index in [-0.39, 0.29) is 6.10 Å². The van der Waals surface area contributed by atoms with Gasteiger partial charge in [-0.25, -0.2) is 9.97 Å². The maximum atomic E-state index is 5.62. The quantitative estimate of drug-likeness (QED) is 0.910. The zero-order chi connectivity index (χ0) is 14.7. The predicted octanol–water partition coefficient (Wildman–Crippen LogP) is 2.24. The van der Waals surface area contributed by atoms with E-state index in [0.29, 0.717) is 11.5 Å². The van der Waals surface area contributed by atoms with Gasteiger partial charge < -0.3 is 19.5 Å². The molecule has 1 saturated heterocycles. The van der Waals surface area contributed by atoms with Crippen LogP contribution < -0.4 is 14.8 Å². The molecular formula is C15H19N3O3. The molecular weight excluding hydrogens is 270 g/mol. The SMILES string of the molecule is COc1cc2ncnc(NC[C@H]3CCCO3)c2cc1OC. The number of hydrogen-bond acceptors (Lipinski definition) is 6. The molecule has 3 rings (SSSR count). The van der Waals surface area contributed by atoms with Crippen LogP contribution in [0.1, 0.15) is 12.8 Å². The van der Waals surface area contributed by atoms with Crippen molar-refractivity contribution < 1.29 is 14.2 Å². The number of rotatable bonds is 5. The van der Waals surface area contributed by atoms with Crippen LogP contribution in [0.2, 0.25) is 0 Å². The largest absolute Gasteiger partial charge is 0.493 e. The van der Waals surface area contributed by atoms with Crippen molar-refractivity contribution in [3.05, 3.63) is 18.5 Å². The van der Waals surface area contributed by atoms with Crippen molar-refractivity contribution in [1.82, 2.24) is 9.97 Å². The van der Waals surface area contributed by atoms with Crippen LogP contribution in [0, 0.1) is 0 Å². The van der Waals surface area contributed by atoms with Gasteiger partial charge in [0.2, 0.25) is 0 Å². The van der Waals surface area contributed by atoms with Gasteiger partial charge in [-0.15, -0.1) is 0 Å². The summed E-state index contributed by atoms with van der Waals surface area (Å²) in [4.78, 5) is 8.61. The molecule has 1 aliphatic rings. The minimum Gasteiger partial charge on any atom is -0.493 e. The molecule has 2 heterocycles. The van der Waals surface area contributed by atoms with Gasteiger partial charge >= 0.3 is 0 Å². The Morgan fingerprint density at radius 3 is 2.76 bits per heavy atom. The number of fused-ring (bicyclic) bond motifs is 1. The Labute approximate surface area is 123 Å². The molecule has 0 unspecified atom stereocenters. The van der Waals surface area contributed by atoms with Crippen LogP contribution in [0.5, 0.6) is 11.5 Å². The molecule has 0 amide bonds. The van der Waals surface area contributed by atoms with E-state index < -0.39 is 0 Å². The molecule has 0 aliphatic carbocycles. The van der Waals surface area contributed by atoms with Gasteiger partial charge in [0.25, 0.3) is 0 Å². The molecule has 2 aromatic rings. The lowest BCUT2D eigenvalue weighted by atomic mass is 10.2. The van der Waals surface area contributed by atoms with Crippen molar-refractivity contribution in [3.8, 4) is 11.5 Å². The topological polar surface area (TPSA) is 65.5 Å². The molecule has 6 heteroatoms. The highest BCUT2D eigenvalue weighted by Crippen LogP contribution is 2.33. The number of aromatic nitrogens is 2. The zero-order valence-corrected chi connectivity index (χ0v) is 12.3. The third-order valence-corrected chi connectivity index (χ3v) is 3.66. The molecule has 6 nitrogen and oxygen atoms in total. The lowest BCUT2D eigenvalue weighted by Crippen LogP contribution is -2.19. The second-order valence-electron chi connectivity index (χ2n) is 4.96. The molecule has 1 atom stereocenters. The highest BCUT2D eigenvalue weighted by atomic mass is 16.5. The molecule has 0 bridgehead atoms. The number of benzene rings is 1. The fraction of sp³-hybridized carbons (Fsp3) is 0.467. The molecule has 1 N–H and O–H groups in total. The van der Waals surface area contributed by atoms with Gasteiger partial charge in [-0.2, -0.15) is 0 Å². The van der Waals surface area contributed by atoms with Gasteiger partial charge in [0, 0.05) is 24.6 Å². The van der Waals surface area contributed by atoms with Crippen LogP contribution in [0.3, 0.4) is 0 Å². The summed E-state index contributed by atoms with van der Waals surface area (Å²) in [5, 5.41) is 4.26. The molecule has 0 spiro atoms. The van der Waals surface area contributed by atoms with Gasteiger partial charge in [-0.3, -0.25) is 0 Å². The summed E-state index contributed by atoms with van der Waals surface area (Å²) in [6.45, 7) is 1.60. The molecule has 1 aliphatic heterocycles. The normalized spacial score (nSPS) is 17.9. The lowest BCUT2D eigenvalue weighted by molar-refractivity contribution is 0.120. The van der Waals surface area contributed by atoms with Crippen molar-refractivity contribution in [1.29, 1.82) is 0 Å². The Morgan fingerprint density at radius 2 is 2.05 bits per heavy atom. The van der Waals surface area contributed by atoms with Crippen LogP contribution >= 0.6 is 0 Å². The average molecular weight is 289 g/mol. The van der Waals surface area contributed by atoms with Gasteiger partial charge in [0.15, 0.2) is 11.5 Å². The summed E-state index contributed by atoms with van der Waals surface area (Å²) in [5.41, 5.74) is 0.817. The Morgan fingerprint density at radius 1 is 1.24 bits per heavy atom. The number of nitrogens with zero attached hydrogens (tertiary/aromatic N) is 2. The minimum atomic E-state index is 0.259. The summed E-state index contributed by atoms with van der Waals surface area (Å²) < 4.78 is 16.3. The van der Waals surface area contributed by atoms with Crippen LogP contribution in [0.15, 0.2) is 18.5 Å². The van der Waals surface area contributed by atoms with E-state index in [9.17, 15) is 0 Å². The Kier molecular flexibility index (Phi) is 4.06. The highest BCUT2D eigenvalue weighted by molar-refractivity contribution is 5.91. The maximum absolute atomic E-state index is 5.62. The second kappa shape index (κ2) is 6.13. The summed E-state index contributed by atoms with van der Waals surface area (Å²) in [7, 11) is 3.23. The van der Waals surface area contributed by atoms with Crippen molar-refractivity contribution in [2.24, 2.45) is 0 Å². The number of hydrogen-bond donors (Lipinski definition) is 1. The molecule has 0 radical (unpaired) electrons. The van der Waals surface area contributed by atoms with Crippen molar-refractivity contribution >= 4 is 16.7 Å². The maximum Gasteiger partial charge on any atom is 0.162 e. The smallest absolute Gasteiger partial charge is 0.162 e. The Hall–Kier alpha value is -2.08. The lowest BCUT2D eigenvalue weighted by Gasteiger charge is -2.14. The van der Waals surface area contributed by atoms with Gasteiger partial charge in [0.05, 0.1) is 25.8 Å². The van der Waals surface area contributed by atoms with E-state index in [1.807, 2.05) is 12.1 Å². The van der Waals surface area contributed by atoms with Gasteiger partial charge in [0.1, 0.15) is 12.1 Å². The van der Waals surface area contributed by atoms with E-state index in [1.54, 1.807) is 20.5 Å². The van der Waals surface area contributed by atoms with Crippen molar-refractivity contribution in [2.75, 3.05) is 32.7 Å². The second-order valence-corrected chi connectivity index (χ2v) is 4.96. The van der Waals surface area contributed by atoms with E-state index >= 15 is 0 Å². The highest BCUT2D eigenvalue weighted by Gasteiger charge is 2.16. The first-order valence-electron chi connectivity index (χ1n) is 7.04. The van der Waals surface area contributed by atoms with Crippen LogP contribution in [0.25, 0.3) is 10.9 Å². The fourth-order valence-corrected chi connectivity index (χ4v) is 2.54. The Balaban J connectivity index is 1.90. The van der Waals surface area contributed by atoms with E-state index in [1.165, 1.54) is 0 Å². The summed E-state index contributed by atoms with van der Waals surface area (Å²) in [6.07, 6.45) is 4.02. The van der Waals surface area contributed by atoms with E-state index in [4.69, 9.17) is 14.2 Å². The summed E-state index contributed by atoms with van der Waals surface area (Å²) in [5.74, 6) is 2.12. The summed E-state index contributed by atoms with van der Waals surface area (Å²) in [6, 6.07) is 3.75. The van der Waals surface area contributed by atoms with Crippen LogP contribution in [0.4, 0.5) is 5.82 Å². The van der Waals surface area contributed by atoms with Crippen LogP contribution in [-0.4, -0.2) is 43.4 Å². The molecule has 21 heavy (non-hydrogen) atoms. The molecule has 1 fully saturated rings. The average Bonchev–Trinajstić information content (AvgIpc) is 3.04. The number of methoxy groups -OCH3 is 2. The van der Waals surface area contributed by atoms with Gasteiger partial charge in [-0.05, 0) is 18.9 Å². The van der Waals surface area contributed by atoms with Gasteiger partial charge in [-0.1, -0.05) is 0 Å². The molecule has 112 valence electrons. The fourth-order valence-electron chi connectivity index (χ4n) is 2.54. The van der Waals surface area contributed by atoms with E-state index in [0.717, 1.165) is 42.7 Å². The summed E-state index contributed by atoms with van der Waals surface area (Å²) >= 11 is 0. The minimum absolute atomic E-state index is 0.259. The predicted molar refractivity (Wildman–Crippen MR) is 80.1 cm³/mol. The zero-order valence-electron chi connectivity index (χ0n) is 12.3. The van der Waals surface area contributed by atoms with Crippen molar-refractivity contribution in [2.45, 2.75) is 18.9 Å². The third-order valence-electron chi connectivity index (χ3n) is 3.66. The molecule has 1 aromatic carbocycles. The molecule has 1 aromatic heterocycles. The molecule has 0 saturated carbocycles. The third kappa shape index (κ3) is 2.85.